The zero-order chi connectivity index (χ0) is 22.1. The van der Waals surface area contributed by atoms with Gasteiger partial charge in [-0.15, -0.1) is 0 Å². The molecule has 0 bridgehead atoms. The summed E-state index contributed by atoms with van der Waals surface area (Å²) in [4.78, 5) is 41.7. The fourth-order valence-electron chi connectivity index (χ4n) is 3.83. The Hall–Kier alpha value is -3.25. The van der Waals surface area contributed by atoms with E-state index < -0.39 is 0 Å². The maximum absolute atomic E-state index is 13.4. The van der Waals surface area contributed by atoms with Gasteiger partial charge in [0.2, 0.25) is 0 Å². The van der Waals surface area contributed by atoms with Crippen LogP contribution >= 0.6 is 15.9 Å². The molecule has 0 fully saturated rings. The largest absolute Gasteiger partial charge is 0.306 e. The molecule has 156 valence electrons. The molecule has 0 aliphatic carbocycles. The van der Waals surface area contributed by atoms with E-state index in [4.69, 9.17) is 0 Å². The Bertz CT molecular complexity index is 1150. The highest BCUT2D eigenvalue weighted by molar-refractivity contribution is 9.10. The van der Waals surface area contributed by atoms with Crippen LogP contribution in [0.3, 0.4) is 0 Å². The van der Waals surface area contributed by atoms with Gasteiger partial charge in [0, 0.05) is 28.8 Å². The summed E-state index contributed by atoms with van der Waals surface area (Å²) < 4.78 is 0.883. The third-order valence-corrected chi connectivity index (χ3v) is 5.93. The van der Waals surface area contributed by atoms with Gasteiger partial charge in [-0.3, -0.25) is 19.3 Å². The number of benzene rings is 3. The Morgan fingerprint density at radius 2 is 1.52 bits per heavy atom. The normalized spacial score (nSPS) is 12.8. The number of aryl methyl sites for hydroxylation is 2. The third kappa shape index (κ3) is 4.03. The summed E-state index contributed by atoms with van der Waals surface area (Å²) >= 11 is 3.39. The number of hydrogen-bond donors (Lipinski definition) is 0. The predicted molar refractivity (Wildman–Crippen MR) is 124 cm³/mol. The molecule has 0 saturated heterocycles. The van der Waals surface area contributed by atoms with Gasteiger partial charge in [0.15, 0.2) is 0 Å². The Morgan fingerprint density at radius 3 is 2.10 bits per heavy atom. The minimum absolute atomic E-state index is 0.113. The molecule has 3 amide bonds. The van der Waals surface area contributed by atoms with Crippen LogP contribution in [0.4, 0.5) is 5.69 Å². The van der Waals surface area contributed by atoms with Crippen molar-refractivity contribution >= 4 is 39.3 Å². The molecule has 1 aliphatic heterocycles. The lowest BCUT2D eigenvalue weighted by Crippen LogP contribution is -2.41. The lowest BCUT2D eigenvalue weighted by atomic mass is 10.1. The summed E-state index contributed by atoms with van der Waals surface area (Å²) in [7, 11) is 0. The Morgan fingerprint density at radius 1 is 0.903 bits per heavy atom. The van der Waals surface area contributed by atoms with E-state index in [-0.39, 0.29) is 30.8 Å². The number of carbonyl (C=O) groups is 3. The van der Waals surface area contributed by atoms with Crippen molar-refractivity contribution < 1.29 is 14.4 Å². The third-order valence-electron chi connectivity index (χ3n) is 5.40. The summed E-state index contributed by atoms with van der Waals surface area (Å²) in [5, 5.41) is 0. The Balaban J connectivity index is 1.64. The highest BCUT2D eigenvalue weighted by atomic mass is 79.9. The number of amides is 3. The van der Waals surface area contributed by atoms with E-state index in [1.165, 1.54) is 4.90 Å². The summed E-state index contributed by atoms with van der Waals surface area (Å²) in [6, 6.07) is 19.8. The second-order valence-corrected chi connectivity index (χ2v) is 8.48. The first kappa shape index (κ1) is 21.0. The molecule has 4 rings (SSSR count). The topological polar surface area (TPSA) is 57.7 Å². The number of carbonyl (C=O) groups excluding carboxylic acids is 3. The fraction of sp³-hybridized carbons (Fsp3) is 0.160. The summed E-state index contributed by atoms with van der Waals surface area (Å²) in [6.07, 6.45) is 0. The number of nitrogens with zero attached hydrogens (tertiary/aromatic N) is 2. The molecule has 1 aliphatic rings. The molecule has 3 aromatic rings. The first-order valence-corrected chi connectivity index (χ1v) is 10.8. The van der Waals surface area contributed by atoms with Crippen LogP contribution in [0.5, 0.6) is 0 Å². The molecule has 0 N–H and O–H groups in total. The van der Waals surface area contributed by atoms with Gasteiger partial charge in [-0.05, 0) is 61.9 Å². The van der Waals surface area contributed by atoms with Crippen LogP contribution in [0.25, 0.3) is 0 Å². The lowest BCUT2D eigenvalue weighted by molar-refractivity contribution is 0.0654. The van der Waals surface area contributed by atoms with Crippen molar-refractivity contribution in [2.45, 2.75) is 13.8 Å². The zero-order valence-corrected chi connectivity index (χ0v) is 18.8. The predicted octanol–water partition coefficient (Wildman–Crippen LogP) is 5.01. The molecule has 1 heterocycles. The number of rotatable bonds is 5. The van der Waals surface area contributed by atoms with E-state index in [0.717, 1.165) is 21.3 Å². The highest BCUT2D eigenvalue weighted by Gasteiger charge is 2.35. The van der Waals surface area contributed by atoms with Crippen LogP contribution in [0, 0.1) is 13.8 Å². The fourth-order valence-corrected chi connectivity index (χ4v) is 4.09. The number of hydrogen-bond acceptors (Lipinski definition) is 3. The quantitative estimate of drug-likeness (QED) is 0.486. The van der Waals surface area contributed by atoms with Gasteiger partial charge >= 0.3 is 0 Å². The molecular formula is C25H21BrN2O3. The van der Waals surface area contributed by atoms with Crippen molar-refractivity contribution in [1.82, 2.24) is 4.90 Å². The van der Waals surface area contributed by atoms with Crippen LogP contribution in [0.15, 0.2) is 71.2 Å². The average Bonchev–Trinajstić information content (AvgIpc) is 3.00. The van der Waals surface area contributed by atoms with E-state index in [0.29, 0.717) is 16.7 Å². The van der Waals surface area contributed by atoms with E-state index in [1.54, 1.807) is 41.3 Å². The molecule has 0 radical (unpaired) electrons. The smallest absolute Gasteiger partial charge is 0.261 e. The van der Waals surface area contributed by atoms with Crippen LogP contribution in [-0.2, 0) is 0 Å². The lowest BCUT2D eigenvalue weighted by Gasteiger charge is -2.27. The van der Waals surface area contributed by atoms with Crippen molar-refractivity contribution in [3.63, 3.8) is 0 Å². The average molecular weight is 477 g/mol. The number of imide groups is 1. The van der Waals surface area contributed by atoms with Gasteiger partial charge < -0.3 is 4.90 Å². The van der Waals surface area contributed by atoms with Crippen molar-refractivity contribution in [1.29, 1.82) is 0 Å². The van der Waals surface area contributed by atoms with Gasteiger partial charge in [-0.1, -0.05) is 45.8 Å². The van der Waals surface area contributed by atoms with Gasteiger partial charge in [-0.25, -0.2) is 0 Å². The van der Waals surface area contributed by atoms with Gasteiger partial charge in [-0.2, -0.15) is 0 Å². The van der Waals surface area contributed by atoms with Crippen molar-refractivity contribution in [2.24, 2.45) is 0 Å². The standard InChI is InChI=1S/C25H21BrN2O3/c1-16-7-12-22(17(2)15-16)27(23(29)18-8-10-19(26)11-9-18)13-14-28-24(30)20-5-3-4-6-21(20)25(28)31/h3-12,15H,13-14H2,1-2H3. The van der Waals surface area contributed by atoms with Crippen LogP contribution in [0.1, 0.15) is 42.2 Å². The van der Waals surface area contributed by atoms with E-state index in [9.17, 15) is 14.4 Å². The van der Waals surface area contributed by atoms with Crippen molar-refractivity contribution in [3.05, 3.63) is 99.0 Å². The highest BCUT2D eigenvalue weighted by Crippen LogP contribution is 2.26. The molecule has 3 aromatic carbocycles. The monoisotopic (exact) mass is 476 g/mol. The number of halogens is 1. The molecule has 0 aromatic heterocycles. The molecule has 31 heavy (non-hydrogen) atoms. The van der Waals surface area contributed by atoms with Crippen molar-refractivity contribution in [2.75, 3.05) is 18.0 Å². The first-order chi connectivity index (χ1) is 14.9. The van der Waals surface area contributed by atoms with Gasteiger partial charge in [0.25, 0.3) is 17.7 Å². The molecule has 0 atom stereocenters. The van der Waals surface area contributed by atoms with Gasteiger partial charge in [0.05, 0.1) is 11.1 Å². The van der Waals surface area contributed by atoms with E-state index >= 15 is 0 Å². The van der Waals surface area contributed by atoms with Gasteiger partial charge in [0.1, 0.15) is 0 Å². The maximum atomic E-state index is 13.4. The van der Waals surface area contributed by atoms with Crippen LogP contribution in [-0.4, -0.2) is 35.7 Å². The molecule has 6 heteroatoms. The van der Waals surface area contributed by atoms with E-state index in [2.05, 4.69) is 15.9 Å². The molecule has 5 nitrogen and oxygen atoms in total. The van der Waals surface area contributed by atoms with Crippen LogP contribution in [0.2, 0.25) is 0 Å². The molecule has 0 unspecified atom stereocenters. The maximum Gasteiger partial charge on any atom is 0.261 e. The number of fused-ring (bicyclic) bond motifs is 1. The summed E-state index contributed by atoms with van der Waals surface area (Å²) in [5.41, 5.74) is 4.15. The minimum Gasteiger partial charge on any atom is -0.306 e. The van der Waals surface area contributed by atoms with E-state index in [1.807, 2.05) is 44.2 Å². The Labute approximate surface area is 189 Å². The molecule has 0 spiro atoms. The molecular weight excluding hydrogens is 456 g/mol. The minimum atomic E-state index is -0.322. The first-order valence-electron chi connectivity index (χ1n) is 9.96. The second-order valence-electron chi connectivity index (χ2n) is 7.56. The second kappa shape index (κ2) is 8.47. The van der Waals surface area contributed by atoms with Crippen LogP contribution < -0.4 is 4.90 Å². The number of anilines is 1. The summed E-state index contributed by atoms with van der Waals surface area (Å²) in [6.45, 7) is 4.26. The summed E-state index contributed by atoms with van der Waals surface area (Å²) in [5.74, 6) is -0.828. The SMILES string of the molecule is Cc1ccc(N(CCN2C(=O)c3ccccc3C2=O)C(=O)c2ccc(Br)cc2)c(C)c1. The molecule has 0 saturated carbocycles. The Kier molecular flexibility index (Phi) is 5.74. The van der Waals surface area contributed by atoms with Crippen molar-refractivity contribution in [3.8, 4) is 0 Å². The zero-order valence-electron chi connectivity index (χ0n) is 17.3.